The summed E-state index contributed by atoms with van der Waals surface area (Å²) in [6.45, 7) is 2.25. The number of fused-ring (bicyclic) bond motifs is 1. The van der Waals surface area contributed by atoms with Crippen molar-refractivity contribution in [1.82, 2.24) is 19.1 Å². The molecule has 0 bridgehead atoms. The van der Waals surface area contributed by atoms with Crippen LogP contribution in [-0.2, 0) is 20.5 Å². The minimum atomic E-state index is -0.194. The second kappa shape index (κ2) is 8.43. The van der Waals surface area contributed by atoms with E-state index >= 15 is 0 Å². The number of nitrogens with zero attached hydrogens (tertiary/aromatic N) is 3. The Bertz CT molecular complexity index is 756. The molecule has 2 heterocycles. The lowest BCUT2D eigenvalue weighted by molar-refractivity contribution is 0.569. The summed E-state index contributed by atoms with van der Waals surface area (Å²) in [5, 5.41) is 0. The largest absolute Gasteiger partial charge is 0.317 e. The Kier molecular flexibility index (Phi) is 6.57. The number of unbranched alkanes of at least 4 members (excludes halogenated alkanes) is 7. The summed E-state index contributed by atoms with van der Waals surface area (Å²) in [6, 6.07) is 0. The molecule has 0 radical (unpaired) electrons. The van der Waals surface area contributed by atoms with Gasteiger partial charge in [0.2, 0.25) is 0 Å². The first kappa shape index (κ1) is 17.9. The first-order valence-electron chi connectivity index (χ1n) is 8.70. The smallest absolute Gasteiger partial charge is 0.279 e. The van der Waals surface area contributed by atoms with Crippen molar-refractivity contribution in [2.45, 2.75) is 64.7 Å². The number of hydrogen-bond donors (Lipinski definition) is 1. The first-order valence-corrected chi connectivity index (χ1v) is 9.11. The van der Waals surface area contributed by atoms with Gasteiger partial charge >= 0.3 is 0 Å². The zero-order valence-corrected chi connectivity index (χ0v) is 15.3. The number of rotatable bonds is 9. The van der Waals surface area contributed by atoms with Gasteiger partial charge in [-0.25, -0.2) is 4.98 Å². The molecular weight excluding hydrogens is 308 g/mol. The average molecular weight is 337 g/mol. The van der Waals surface area contributed by atoms with E-state index in [1.807, 2.05) is 23.2 Å². The molecule has 0 fully saturated rings. The lowest BCUT2D eigenvalue weighted by Gasteiger charge is -2.05. The van der Waals surface area contributed by atoms with E-state index in [4.69, 9.17) is 12.2 Å². The van der Waals surface area contributed by atoms with Crippen molar-refractivity contribution in [3.05, 3.63) is 20.9 Å². The zero-order valence-electron chi connectivity index (χ0n) is 14.5. The van der Waals surface area contributed by atoms with Crippen LogP contribution in [0.25, 0.3) is 11.2 Å². The van der Waals surface area contributed by atoms with Crippen LogP contribution in [0.15, 0.2) is 4.79 Å². The average Bonchev–Trinajstić information content (AvgIpc) is 2.85. The van der Waals surface area contributed by atoms with E-state index in [0.29, 0.717) is 10.3 Å². The minimum absolute atomic E-state index is 0.194. The van der Waals surface area contributed by atoms with Crippen LogP contribution in [-0.4, -0.2) is 19.1 Å². The van der Waals surface area contributed by atoms with Crippen LogP contribution in [0.2, 0.25) is 0 Å². The molecule has 0 aliphatic carbocycles. The molecule has 0 atom stereocenters. The van der Waals surface area contributed by atoms with Crippen LogP contribution in [0.1, 0.15) is 64.1 Å². The number of imidazole rings is 1. The molecule has 128 valence electrons. The van der Waals surface area contributed by atoms with Crippen molar-refractivity contribution in [2.75, 3.05) is 0 Å². The molecule has 0 saturated heterocycles. The van der Waals surface area contributed by atoms with Crippen molar-refractivity contribution in [3.63, 3.8) is 0 Å². The van der Waals surface area contributed by atoms with Gasteiger partial charge in [0.15, 0.2) is 10.3 Å². The molecule has 0 aromatic carbocycles. The van der Waals surface area contributed by atoms with E-state index in [1.54, 1.807) is 0 Å². The molecule has 2 aromatic heterocycles. The van der Waals surface area contributed by atoms with Gasteiger partial charge in [0.05, 0.1) is 0 Å². The van der Waals surface area contributed by atoms with E-state index in [2.05, 4.69) is 16.9 Å². The Hall–Kier alpha value is -1.43. The molecule has 6 heteroatoms. The summed E-state index contributed by atoms with van der Waals surface area (Å²) in [4.78, 5) is 19.2. The van der Waals surface area contributed by atoms with Crippen LogP contribution >= 0.6 is 12.2 Å². The second-order valence-corrected chi connectivity index (χ2v) is 6.69. The lowest BCUT2D eigenvalue weighted by Crippen LogP contribution is -2.13. The van der Waals surface area contributed by atoms with E-state index < -0.39 is 0 Å². The van der Waals surface area contributed by atoms with Crippen LogP contribution in [0.5, 0.6) is 0 Å². The number of aromatic amines is 1. The van der Waals surface area contributed by atoms with E-state index in [1.165, 1.54) is 44.9 Å². The molecule has 0 amide bonds. The second-order valence-electron chi connectivity index (χ2n) is 6.30. The van der Waals surface area contributed by atoms with Crippen LogP contribution < -0.4 is 5.56 Å². The molecule has 0 aliphatic rings. The van der Waals surface area contributed by atoms with E-state index in [0.717, 1.165) is 24.3 Å². The molecule has 0 aliphatic heterocycles. The molecule has 0 unspecified atom stereocenters. The minimum Gasteiger partial charge on any atom is -0.317 e. The van der Waals surface area contributed by atoms with Gasteiger partial charge in [-0.3, -0.25) is 9.78 Å². The SMILES string of the molecule is CCCCCCCCCCc1nc2c(=O)[nH]c(=S)n(C)c2n1C. The Morgan fingerprint density at radius 3 is 2.26 bits per heavy atom. The molecule has 0 saturated carbocycles. The number of hydrogen-bond acceptors (Lipinski definition) is 3. The van der Waals surface area contributed by atoms with Gasteiger partial charge < -0.3 is 9.13 Å². The van der Waals surface area contributed by atoms with Crippen molar-refractivity contribution in [3.8, 4) is 0 Å². The van der Waals surface area contributed by atoms with Gasteiger partial charge in [-0.05, 0) is 18.6 Å². The lowest BCUT2D eigenvalue weighted by atomic mass is 10.1. The third kappa shape index (κ3) is 4.31. The van der Waals surface area contributed by atoms with Crippen LogP contribution in [0.3, 0.4) is 0 Å². The summed E-state index contributed by atoms with van der Waals surface area (Å²) in [6.07, 6.45) is 11.3. The molecular formula is C17H28N4OS. The van der Waals surface area contributed by atoms with E-state index in [-0.39, 0.29) is 5.56 Å². The van der Waals surface area contributed by atoms with Gasteiger partial charge in [0.25, 0.3) is 5.56 Å². The fourth-order valence-electron chi connectivity index (χ4n) is 3.05. The maximum atomic E-state index is 12.0. The highest BCUT2D eigenvalue weighted by Crippen LogP contribution is 2.14. The van der Waals surface area contributed by atoms with Gasteiger partial charge in [0, 0.05) is 20.5 Å². The molecule has 2 aromatic rings. The van der Waals surface area contributed by atoms with E-state index in [9.17, 15) is 4.79 Å². The van der Waals surface area contributed by atoms with Crippen LogP contribution in [0.4, 0.5) is 0 Å². The highest BCUT2D eigenvalue weighted by atomic mass is 32.1. The Balaban J connectivity index is 1.93. The fraction of sp³-hybridized carbons (Fsp3) is 0.706. The molecule has 5 nitrogen and oxygen atoms in total. The quantitative estimate of drug-likeness (QED) is 0.556. The number of aromatic nitrogens is 4. The third-order valence-electron chi connectivity index (χ3n) is 4.47. The number of nitrogens with one attached hydrogen (secondary N) is 1. The van der Waals surface area contributed by atoms with Crippen molar-refractivity contribution < 1.29 is 0 Å². The summed E-state index contributed by atoms with van der Waals surface area (Å²) in [7, 11) is 3.83. The Morgan fingerprint density at radius 1 is 1.00 bits per heavy atom. The van der Waals surface area contributed by atoms with Gasteiger partial charge in [-0.1, -0.05) is 51.9 Å². The van der Waals surface area contributed by atoms with Gasteiger partial charge in [-0.15, -0.1) is 0 Å². The number of H-pyrrole nitrogens is 1. The third-order valence-corrected chi connectivity index (χ3v) is 4.85. The maximum absolute atomic E-state index is 12.0. The predicted octanol–water partition coefficient (Wildman–Crippen LogP) is 4.01. The van der Waals surface area contributed by atoms with Crippen molar-refractivity contribution in [1.29, 1.82) is 0 Å². The normalized spacial score (nSPS) is 11.4. The summed E-state index contributed by atoms with van der Waals surface area (Å²) in [5.41, 5.74) is 1.09. The maximum Gasteiger partial charge on any atom is 0.279 e. The highest BCUT2D eigenvalue weighted by molar-refractivity contribution is 7.71. The van der Waals surface area contributed by atoms with Gasteiger partial charge in [-0.2, -0.15) is 0 Å². The topological polar surface area (TPSA) is 55.6 Å². The summed E-state index contributed by atoms with van der Waals surface area (Å²) in [5.74, 6) is 0.965. The number of aryl methyl sites for hydroxylation is 3. The molecule has 1 N–H and O–H groups in total. The van der Waals surface area contributed by atoms with Crippen LogP contribution in [0, 0.1) is 4.77 Å². The predicted molar refractivity (Wildman–Crippen MR) is 97.5 cm³/mol. The summed E-state index contributed by atoms with van der Waals surface area (Å²) < 4.78 is 4.25. The van der Waals surface area contributed by atoms with Gasteiger partial charge in [0.1, 0.15) is 11.5 Å². The summed E-state index contributed by atoms with van der Waals surface area (Å²) >= 11 is 5.17. The standard InChI is InChI=1S/C17H28N4OS/c1-4-5-6-7-8-9-10-11-12-13-18-14-15(22)19-17(23)21(3)16(14)20(13)2/h4-12H2,1-3H3,(H,19,22,23). The van der Waals surface area contributed by atoms with Crippen molar-refractivity contribution >= 4 is 23.4 Å². The fourth-order valence-corrected chi connectivity index (χ4v) is 3.23. The molecule has 2 rings (SSSR count). The monoisotopic (exact) mass is 336 g/mol. The Morgan fingerprint density at radius 2 is 1.61 bits per heavy atom. The Labute approximate surface area is 142 Å². The molecule has 0 spiro atoms. The highest BCUT2D eigenvalue weighted by Gasteiger charge is 2.13. The zero-order chi connectivity index (χ0) is 16.8. The first-order chi connectivity index (χ1) is 11.1. The molecule has 23 heavy (non-hydrogen) atoms. The van der Waals surface area contributed by atoms with Crippen molar-refractivity contribution in [2.24, 2.45) is 14.1 Å².